The molecule has 7 heteroatoms. The van der Waals surface area contributed by atoms with E-state index in [1.165, 1.54) is 0 Å². The highest BCUT2D eigenvalue weighted by molar-refractivity contribution is 5.93. The molecule has 2 saturated heterocycles. The van der Waals surface area contributed by atoms with Gasteiger partial charge in [0.2, 0.25) is 0 Å². The number of anilines is 1. The number of aliphatic carboxylic acids is 1. The maximum absolute atomic E-state index is 11.5. The maximum Gasteiger partial charge on any atom is 0.331 e. The van der Waals surface area contributed by atoms with Crippen LogP contribution in [0.25, 0.3) is 17.2 Å². The fraction of sp³-hybridized carbons (Fsp3) is 0.464. The molecular formula is C28H35NO6. The Bertz CT molecular complexity index is 1030. The highest BCUT2D eigenvalue weighted by Crippen LogP contribution is 2.37. The van der Waals surface area contributed by atoms with Crippen molar-refractivity contribution in [2.45, 2.75) is 38.9 Å². The van der Waals surface area contributed by atoms with Crippen LogP contribution < -0.4 is 9.64 Å². The van der Waals surface area contributed by atoms with E-state index in [9.17, 15) is 9.90 Å². The summed E-state index contributed by atoms with van der Waals surface area (Å²) in [4.78, 5) is 13.8. The van der Waals surface area contributed by atoms with Gasteiger partial charge in [-0.3, -0.25) is 0 Å². The molecule has 0 saturated carbocycles. The van der Waals surface area contributed by atoms with Crippen LogP contribution in [0.4, 0.5) is 5.69 Å². The monoisotopic (exact) mass is 481 g/mol. The third kappa shape index (κ3) is 6.42. The minimum atomic E-state index is -0.929. The lowest BCUT2D eigenvalue weighted by atomic mass is 10.00. The molecule has 0 amide bonds. The van der Waals surface area contributed by atoms with E-state index in [1.807, 2.05) is 30.3 Å². The van der Waals surface area contributed by atoms with Gasteiger partial charge in [0.25, 0.3) is 0 Å². The third-order valence-corrected chi connectivity index (χ3v) is 6.41. The molecule has 0 aliphatic carbocycles. The van der Waals surface area contributed by atoms with Crippen LogP contribution >= 0.6 is 0 Å². The Kier molecular flexibility index (Phi) is 8.44. The summed E-state index contributed by atoms with van der Waals surface area (Å²) in [6.45, 7) is 8.28. The summed E-state index contributed by atoms with van der Waals surface area (Å²) in [7, 11) is 0. The molecule has 2 fully saturated rings. The number of rotatable bonds is 11. The zero-order chi connectivity index (χ0) is 24.7. The van der Waals surface area contributed by atoms with Gasteiger partial charge in [0.05, 0.1) is 26.4 Å². The van der Waals surface area contributed by atoms with Crippen molar-refractivity contribution in [3.05, 3.63) is 53.6 Å². The normalized spacial score (nSPS) is 17.3. The molecule has 2 aromatic rings. The predicted octanol–water partition coefficient (Wildman–Crippen LogP) is 4.99. The minimum Gasteiger partial charge on any atom is -0.491 e. The van der Waals surface area contributed by atoms with E-state index in [4.69, 9.17) is 18.9 Å². The summed E-state index contributed by atoms with van der Waals surface area (Å²) in [5.41, 5.74) is 4.17. The molecule has 0 atom stereocenters. The number of carbonyl (C=O) groups is 1. The number of nitrogens with zero attached hydrogens (tertiary/aromatic N) is 1. The Morgan fingerprint density at radius 2 is 1.83 bits per heavy atom. The van der Waals surface area contributed by atoms with Gasteiger partial charge in [-0.1, -0.05) is 31.5 Å². The van der Waals surface area contributed by atoms with Crippen molar-refractivity contribution in [1.82, 2.24) is 0 Å². The molecule has 1 N–H and O–H groups in total. The zero-order valence-corrected chi connectivity index (χ0v) is 20.6. The summed E-state index contributed by atoms with van der Waals surface area (Å²) < 4.78 is 23.1. The number of hydrogen-bond acceptors (Lipinski definition) is 6. The lowest BCUT2D eigenvalue weighted by Gasteiger charge is -2.25. The van der Waals surface area contributed by atoms with E-state index >= 15 is 0 Å². The van der Waals surface area contributed by atoms with Crippen molar-refractivity contribution in [1.29, 1.82) is 0 Å². The molecular weight excluding hydrogens is 446 g/mol. The van der Waals surface area contributed by atoms with Crippen LogP contribution in [-0.4, -0.2) is 63.0 Å². The van der Waals surface area contributed by atoms with Crippen LogP contribution in [0.1, 0.15) is 38.7 Å². The average Bonchev–Trinajstić information content (AvgIpc) is 3.51. The zero-order valence-electron chi connectivity index (χ0n) is 20.6. The second kappa shape index (κ2) is 11.7. The maximum atomic E-state index is 11.5. The third-order valence-electron chi connectivity index (χ3n) is 6.41. The second-order valence-corrected chi connectivity index (χ2v) is 9.02. The van der Waals surface area contributed by atoms with Crippen LogP contribution in [0.2, 0.25) is 0 Å². The summed E-state index contributed by atoms with van der Waals surface area (Å²) in [6.07, 6.45) is 4.72. The average molecular weight is 482 g/mol. The number of hydrogen-bond donors (Lipinski definition) is 1. The van der Waals surface area contributed by atoms with E-state index < -0.39 is 11.8 Å². The van der Waals surface area contributed by atoms with E-state index in [-0.39, 0.29) is 5.57 Å². The summed E-state index contributed by atoms with van der Waals surface area (Å²) in [5, 5.41) is 9.47. The number of benzene rings is 2. The first-order valence-corrected chi connectivity index (χ1v) is 12.4. The second-order valence-electron chi connectivity index (χ2n) is 9.02. The van der Waals surface area contributed by atoms with Crippen LogP contribution in [0.3, 0.4) is 0 Å². The fourth-order valence-electron chi connectivity index (χ4n) is 4.44. The molecule has 2 aromatic carbocycles. The lowest BCUT2D eigenvalue weighted by Crippen LogP contribution is -2.34. The van der Waals surface area contributed by atoms with Gasteiger partial charge in [-0.15, -0.1) is 0 Å². The van der Waals surface area contributed by atoms with Crippen molar-refractivity contribution >= 4 is 17.7 Å². The Hall–Kier alpha value is -2.87. The van der Waals surface area contributed by atoms with E-state index in [2.05, 4.69) is 24.0 Å². The van der Waals surface area contributed by atoms with Crippen molar-refractivity contribution in [2.75, 3.05) is 51.0 Å². The van der Waals surface area contributed by atoms with E-state index in [1.54, 1.807) is 13.0 Å². The van der Waals surface area contributed by atoms with Gasteiger partial charge in [0.1, 0.15) is 12.4 Å². The summed E-state index contributed by atoms with van der Waals surface area (Å²) in [6, 6.07) is 14.1. The molecule has 4 rings (SSSR count). The van der Waals surface area contributed by atoms with Crippen LogP contribution in [0.5, 0.6) is 5.75 Å². The Labute approximate surface area is 207 Å². The lowest BCUT2D eigenvalue weighted by molar-refractivity contribution is -0.138. The van der Waals surface area contributed by atoms with Gasteiger partial charge in [-0.25, -0.2) is 4.79 Å². The Morgan fingerprint density at radius 3 is 2.54 bits per heavy atom. The molecule has 7 nitrogen and oxygen atoms in total. The van der Waals surface area contributed by atoms with Crippen molar-refractivity contribution in [2.24, 2.45) is 0 Å². The SMILES string of the molecule is CCCCOCCOc1ccc(-c2ccc(N3CCC4(C3)OCCO4)c(/C=C(\C)C(=O)O)c2)cc1. The smallest absolute Gasteiger partial charge is 0.331 e. The highest BCUT2D eigenvalue weighted by atomic mass is 16.7. The number of unbranched alkanes of at least 4 members (excludes halogenated alkanes) is 1. The number of ether oxygens (including phenoxy) is 4. The van der Waals surface area contributed by atoms with Gasteiger partial charge in [-0.2, -0.15) is 0 Å². The largest absolute Gasteiger partial charge is 0.491 e. The van der Waals surface area contributed by atoms with Gasteiger partial charge < -0.3 is 29.0 Å². The van der Waals surface area contributed by atoms with Crippen molar-refractivity contribution < 1.29 is 28.8 Å². The fourth-order valence-corrected chi connectivity index (χ4v) is 4.44. The van der Waals surface area contributed by atoms with Gasteiger partial charge >= 0.3 is 5.97 Å². The first-order valence-electron chi connectivity index (χ1n) is 12.4. The molecule has 35 heavy (non-hydrogen) atoms. The quantitative estimate of drug-likeness (QED) is 0.358. The first kappa shape index (κ1) is 25.2. The Balaban J connectivity index is 1.49. The van der Waals surface area contributed by atoms with Crippen molar-refractivity contribution in [3.63, 3.8) is 0 Å². The molecule has 2 aliphatic rings. The van der Waals surface area contributed by atoms with Crippen LogP contribution in [0.15, 0.2) is 48.0 Å². The first-order chi connectivity index (χ1) is 17.0. The molecule has 0 bridgehead atoms. The molecule has 2 aliphatic heterocycles. The molecule has 188 valence electrons. The number of carboxylic acids is 1. The highest BCUT2D eigenvalue weighted by Gasteiger charge is 2.43. The summed E-state index contributed by atoms with van der Waals surface area (Å²) in [5.74, 6) is -0.676. The van der Waals surface area contributed by atoms with Gasteiger partial charge in [0.15, 0.2) is 5.79 Å². The van der Waals surface area contributed by atoms with E-state index in [0.717, 1.165) is 60.5 Å². The van der Waals surface area contributed by atoms with Crippen LogP contribution in [-0.2, 0) is 19.0 Å². The standard InChI is InChI=1S/C28H35NO6/c1-3-4-13-32-14-15-33-25-8-5-22(6-9-25)23-7-10-26(24(19-23)18-21(2)27(30)31)29-12-11-28(20-29)34-16-17-35-28/h5-10,18-19H,3-4,11-17,20H2,1-2H3,(H,30,31)/b21-18+. The molecule has 1 spiro atoms. The summed E-state index contributed by atoms with van der Waals surface area (Å²) >= 11 is 0. The van der Waals surface area contributed by atoms with Crippen LogP contribution in [0, 0.1) is 0 Å². The Morgan fingerprint density at radius 1 is 1.09 bits per heavy atom. The van der Waals surface area contributed by atoms with E-state index in [0.29, 0.717) is 33.0 Å². The minimum absolute atomic E-state index is 0.288. The van der Waals surface area contributed by atoms with Crippen molar-refractivity contribution in [3.8, 4) is 16.9 Å². The topological polar surface area (TPSA) is 77.5 Å². The molecule has 2 heterocycles. The molecule has 0 unspecified atom stereocenters. The van der Waals surface area contributed by atoms with Gasteiger partial charge in [-0.05, 0) is 60.4 Å². The molecule has 0 aromatic heterocycles. The van der Waals surface area contributed by atoms with Gasteiger partial charge in [0, 0.05) is 30.8 Å². The predicted molar refractivity (Wildman–Crippen MR) is 136 cm³/mol. The molecule has 0 radical (unpaired) electrons. The number of carboxylic acid groups (broad SMARTS) is 1.